The first-order valence-corrected chi connectivity index (χ1v) is 5.99. The average Bonchev–Trinajstić information content (AvgIpc) is 2.96. The molecule has 2 atom stereocenters. The fourth-order valence-corrected chi connectivity index (χ4v) is 1.79. The second-order valence-electron chi connectivity index (χ2n) is 5.21. The zero-order valence-corrected chi connectivity index (χ0v) is 10.9. The summed E-state index contributed by atoms with van der Waals surface area (Å²) in [5.41, 5.74) is 0.622. The van der Waals surface area contributed by atoms with Gasteiger partial charge in [-0.25, -0.2) is 0 Å². The van der Waals surface area contributed by atoms with Gasteiger partial charge in [0.05, 0.1) is 6.04 Å². The molecule has 2 rings (SSSR count). The monoisotopic (exact) mass is 253 g/mol. The summed E-state index contributed by atoms with van der Waals surface area (Å²) in [6, 6.07) is 7.32. The number of esters is 1. The maximum atomic E-state index is 11.8. The van der Waals surface area contributed by atoms with Crippen LogP contribution in [0.5, 0.6) is 0 Å². The summed E-state index contributed by atoms with van der Waals surface area (Å²) in [6.45, 7) is 5.60. The van der Waals surface area contributed by atoms with Crippen LogP contribution in [0.15, 0.2) is 24.3 Å². The Morgan fingerprint density at radius 1 is 1.29 bits per heavy atom. The van der Waals surface area contributed by atoms with Crippen molar-refractivity contribution in [2.45, 2.75) is 38.5 Å². The molecule has 0 aromatic heterocycles. The number of carbonyl (C=O) groups is 1. The molecule has 0 aliphatic carbocycles. The van der Waals surface area contributed by atoms with Crippen molar-refractivity contribution in [3.05, 3.63) is 34.9 Å². The average molecular weight is 254 g/mol. The third-order valence-corrected chi connectivity index (χ3v) is 2.73. The van der Waals surface area contributed by atoms with Crippen molar-refractivity contribution in [2.24, 2.45) is 0 Å². The number of rotatable bonds is 2. The van der Waals surface area contributed by atoms with E-state index in [-0.39, 0.29) is 18.1 Å². The summed E-state index contributed by atoms with van der Waals surface area (Å²) in [7, 11) is 0. The lowest BCUT2D eigenvalue weighted by Gasteiger charge is -2.19. The van der Waals surface area contributed by atoms with Crippen molar-refractivity contribution in [2.75, 3.05) is 0 Å². The van der Waals surface area contributed by atoms with E-state index in [2.05, 4.69) is 5.32 Å². The van der Waals surface area contributed by atoms with Gasteiger partial charge in [0, 0.05) is 5.02 Å². The summed E-state index contributed by atoms with van der Waals surface area (Å²) in [4.78, 5) is 11.8. The maximum Gasteiger partial charge on any atom is 0.325 e. The summed E-state index contributed by atoms with van der Waals surface area (Å²) in [5, 5.41) is 3.81. The van der Waals surface area contributed by atoms with E-state index in [1.54, 1.807) is 0 Å². The second kappa shape index (κ2) is 4.31. The molecule has 17 heavy (non-hydrogen) atoms. The Hall–Kier alpha value is -1.06. The molecule has 0 spiro atoms. The number of ether oxygens (including phenoxy) is 1. The van der Waals surface area contributed by atoms with Crippen LogP contribution in [0.25, 0.3) is 0 Å². The van der Waals surface area contributed by atoms with Crippen molar-refractivity contribution >= 4 is 17.6 Å². The molecule has 0 amide bonds. The lowest BCUT2D eigenvalue weighted by Crippen LogP contribution is -2.27. The van der Waals surface area contributed by atoms with Gasteiger partial charge in [0.25, 0.3) is 0 Å². The lowest BCUT2D eigenvalue weighted by molar-refractivity contribution is -0.154. The van der Waals surface area contributed by atoms with Gasteiger partial charge in [0.1, 0.15) is 11.6 Å². The van der Waals surface area contributed by atoms with Crippen LogP contribution in [-0.2, 0) is 9.53 Å². The number of hydrogen-bond donors (Lipinski definition) is 1. The minimum absolute atomic E-state index is 0.0575. The van der Waals surface area contributed by atoms with Gasteiger partial charge in [0.2, 0.25) is 0 Å². The van der Waals surface area contributed by atoms with Gasteiger partial charge in [0.15, 0.2) is 0 Å². The third-order valence-electron chi connectivity index (χ3n) is 2.47. The Labute approximate surface area is 106 Å². The highest BCUT2D eigenvalue weighted by Gasteiger charge is 2.45. The first-order chi connectivity index (χ1) is 7.87. The number of hydrogen-bond acceptors (Lipinski definition) is 3. The van der Waals surface area contributed by atoms with Gasteiger partial charge in [-0.3, -0.25) is 10.1 Å². The van der Waals surface area contributed by atoms with Gasteiger partial charge in [-0.1, -0.05) is 23.7 Å². The molecule has 0 radical (unpaired) electrons. The van der Waals surface area contributed by atoms with E-state index < -0.39 is 5.60 Å². The van der Waals surface area contributed by atoms with Crippen LogP contribution in [-0.4, -0.2) is 17.6 Å². The molecule has 1 aromatic rings. The van der Waals surface area contributed by atoms with Crippen LogP contribution in [0.1, 0.15) is 32.4 Å². The Morgan fingerprint density at radius 2 is 1.88 bits per heavy atom. The third kappa shape index (κ3) is 3.20. The zero-order valence-electron chi connectivity index (χ0n) is 10.2. The van der Waals surface area contributed by atoms with Gasteiger partial charge >= 0.3 is 5.97 Å². The van der Waals surface area contributed by atoms with E-state index in [1.165, 1.54) is 0 Å². The first-order valence-electron chi connectivity index (χ1n) is 5.61. The summed E-state index contributed by atoms with van der Waals surface area (Å²) in [5.74, 6) is -0.197. The van der Waals surface area contributed by atoms with Crippen molar-refractivity contribution < 1.29 is 9.53 Å². The fourth-order valence-electron chi connectivity index (χ4n) is 1.67. The predicted octanol–water partition coefficient (Wildman–Crippen LogP) is 2.69. The van der Waals surface area contributed by atoms with Gasteiger partial charge in [-0.05, 0) is 38.5 Å². The number of benzene rings is 1. The van der Waals surface area contributed by atoms with E-state index in [0.717, 1.165) is 5.56 Å². The van der Waals surface area contributed by atoms with Crippen molar-refractivity contribution in [3.63, 3.8) is 0 Å². The minimum atomic E-state index is -0.439. The molecule has 1 aliphatic rings. The zero-order chi connectivity index (χ0) is 12.6. The number of nitrogens with one attached hydrogen (secondary N) is 1. The van der Waals surface area contributed by atoms with E-state index in [9.17, 15) is 4.79 Å². The van der Waals surface area contributed by atoms with Gasteiger partial charge in [-0.2, -0.15) is 0 Å². The van der Waals surface area contributed by atoms with Crippen LogP contribution in [0.2, 0.25) is 5.02 Å². The molecule has 0 unspecified atom stereocenters. The summed E-state index contributed by atoms with van der Waals surface area (Å²) in [6.07, 6.45) is 0. The molecule has 1 aromatic carbocycles. The molecular weight excluding hydrogens is 238 g/mol. The molecule has 1 heterocycles. The van der Waals surface area contributed by atoms with E-state index in [0.29, 0.717) is 5.02 Å². The SMILES string of the molecule is CC(C)(C)OC(=O)[C@H]1N[C@H]1c1ccc(Cl)cc1. The fraction of sp³-hybridized carbons (Fsp3) is 0.462. The minimum Gasteiger partial charge on any atom is -0.459 e. The van der Waals surface area contributed by atoms with Crippen molar-refractivity contribution in [3.8, 4) is 0 Å². The van der Waals surface area contributed by atoms with Crippen LogP contribution in [0, 0.1) is 0 Å². The van der Waals surface area contributed by atoms with Gasteiger partial charge < -0.3 is 4.74 Å². The summed E-state index contributed by atoms with van der Waals surface area (Å²) < 4.78 is 5.31. The van der Waals surface area contributed by atoms with E-state index in [4.69, 9.17) is 16.3 Å². The second-order valence-corrected chi connectivity index (χ2v) is 5.64. The Balaban J connectivity index is 1.96. The highest BCUT2D eigenvalue weighted by Crippen LogP contribution is 2.32. The largest absolute Gasteiger partial charge is 0.459 e. The summed E-state index contributed by atoms with van der Waals surface area (Å²) >= 11 is 5.81. The van der Waals surface area contributed by atoms with Gasteiger partial charge in [-0.15, -0.1) is 0 Å². The smallest absolute Gasteiger partial charge is 0.325 e. The van der Waals surface area contributed by atoms with Crippen molar-refractivity contribution in [1.29, 1.82) is 0 Å². The quantitative estimate of drug-likeness (QED) is 0.651. The van der Waals surface area contributed by atoms with Crippen LogP contribution in [0.3, 0.4) is 0 Å². The highest BCUT2D eigenvalue weighted by atomic mass is 35.5. The number of halogens is 1. The molecule has 4 heteroatoms. The molecule has 92 valence electrons. The molecule has 1 aliphatic heterocycles. The predicted molar refractivity (Wildman–Crippen MR) is 67.0 cm³/mol. The topological polar surface area (TPSA) is 48.2 Å². The maximum absolute atomic E-state index is 11.8. The van der Waals surface area contributed by atoms with Crippen molar-refractivity contribution in [1.82, 2.24) is 5.32 Å². The van der Waals surface area contributed by atoms with Crippen LogP contribution >= 0.6 is 11.6 Å². The Bertz CT molecular complexity index is 422. The molecule has 1 N–H and O–H groups in total. The molecule has 0 bridgehead atoms. The van der Waals surface area contributed by atoms with E-state index >= 15 is 0 Å². The lowest BCUT2D eigenvalue weighted by atomic mass is 10.1. The molecular formula is C13H16ClNO2. The van der Waals surface area contributed by atoms with Crippen LogP contribution in [0.4, 0.5) is 0 Å². The standard InChI is InChI=1S/C13H16ClNO2/c1-13(2,3)17-12(16)11-10(15-11)8-4-6-9(14)7-5-8/h4-7,10-11,15H,1-3H3/t10-,11-/m0/s1. The van der Waals surface area contributed by atoms with Crippen LogP contribution < -0.4 is 5.32 Å². The molecule has 1 fully saturated rings. The highest BCUT2D eigenvalue weighted by molar-refractivity contribution is 6.30. The first kappa shape index (κ1) is 12.4. The Morgan fingerprint density at radius 3 is 2.41 bits per heavy atom. The normalized spacial score (nSPS) is 23.3. The van der Waals surface area contributed by atoms with E-state index in [1.807, 2.05) is 45.0 Å². The molecule has 1 saturated heterocycles. The molecule has 0 saturated carbocycles. The number of carbonyl (C=O) groups excluding carboxylic acids is 1. The molecule has 3 nitrogen and oxygen atoms in total. The Kier molecular flexibility index (Phi) is 3.15.